The van der Waals surface area contributed by atoms with E-state index in [1.807, 2.05) is 84.9 Å². The number of fused-ring (bicyclic) bond motifs is 1. The fraction of sp³-hybridized carbons (Fsp3) is 0.0385. The molecule has 0 aliphatic rings. The number of H-pyrrole nitrogens is 1. The molecule has 0 bridgehead atoms. The Bertz CT molecular complexity index is 1480. The van der Waals surface area contributed by atoms with Gasteiger partial charge in [-0.3, -0.25) is 4.79 Å². The summed E-state index contributed by atoms with van der Waals surface area (Å²) in [6, 6.07) is 26.3. The summed E-state index contributed by atoms with van der Waals surface area (Å²) in [6.45, 7) is 0.129. The van der Waals surface area contributed by atoms with Gasteiger partial charge in [-0.2, -0.15) is 0 Å². The molecular weight excluding hydrogens is 436 g/mol. The van der Waals surface area contributed by atoms with Crippen molar-refractivity contribution < 1.29 is 4.74 Å². The van der Waals surface area contributed by atoms with Crippen LogP contribution in [-0.4, -0.2) is 15.0 Å². The number of aromatic amines is 1. The summed E-state index contributed by atoms with van der Waals surface area (Å²) in [5, 5.41) is 4.84. The van der Waals surface area contributed by atoms with Gasteiger partial charge in [0, 0.05) is 22.3 Å². The molecule has 0 aliphatic heterocycles. The molecule has 0 saturated carbocycles. The van der Waals surface area contributed by atoms with E-state index in [9.17, 15) is 4.79 Å². The molecule has 0 saturated heterocycles. The molecule has 0 unspecified atom stereocenters. The Balaban J connectivity index is 1.37. The van der Waals surface area contributed by atoms with Gasteiger partial charge in [-0.05, 0) is 47.9 Å². The normalized spacial score (nSPS) is 10.8. The second kappa shape index (κ2) is 9.14. The number of nitrogens with one attached hydrogen (secondary N) is 2. The Morgan fingerprint density at radius 2 is 1.73 bits per heavy atom. The van der Waals surface area contributed by atoms with Crippen LogP contribution in [0, 0.1) is 0 Å². The number of aromatic nitrogens is 3. The average Bonchev–Trinajstić information content (AvgIpc) is 2.84. The average molecular weight is 455 g/mol. The predicted octanol–water partition coefficient (Wildman–Crippen LogP) is 5.96. The van der Waals surface area contributed by atoms with Crippen molar-refractivity contribution in [2.45, 2.75) is 6.61 Å². The number of hydrogen-bond acceptors (Lipinski definition) is 5. The number of ether oxygens (including phenoxy) is 1. The quantitative estimate of drug-likeness (QED) is 0.331. The highest BCUT2D eigenvalue weighted by molar-refractivity contribution is 6.30. The van der Waals surface area contributed by atoms with Crippen molar-refractivity contribution in [3.05, 3.63) is 112 Å². The van der Waals surface area contributed by atoms with Crippen molar-refractivity contribution in [2.24, 2.45) is 0 Å². The molecule has 33 heavy (non-hydrogen) atoms. The molecule has 162 valence electrons. The van der Waals surface area contributed by atoms with E-state index in [0.29, 0.717) is 28.0 Å². The van der Waals surface area contributed by atoms with Crippen LogP contribution in [0.3, 0.4) is 0 Å². The Kier molecular flexibility index (Phi) is 5.74. The number of halogens is 1. The lowest BCUT2D eigenvalue weighted by atomic mass is 10.1. The van der Waals surface area contributed by atoms with Gasteiger partial charge in [-0.15, -0.1) is 0 Å². The molecule has 2 heterocycles. The van der Waals surface area contributed by atoms with Gasteiger partial charge < -0.3 is 15.0 Å². The Labute approximate surface area is 194 Å². The smallest absolute Gasteiger partial charge is 0.255 e. The fourth-order valence-corrected chi connectivity index (χ4v) is 3.60. The zero-order valence-electron chi connectivity index (χ0n) is 17.5. The van der Waals surface area contributed by atoms with E-state index in [0.717, 1.165) is 22.2 Å². The van der Waals surface area contributed by atoms with Crippen molar-refractivity contribution in [2.75, 3.05) is 5.32 Å². The highest BCUT2D eigenvalue weighted by Gasteiger charge is 2.09. The molecule has 5 aromatic rings. The van der Waals surface area contributed by atoms with Gasteiger partial charge in [0.1, 0.15) is 12.4 Å². The van der Waals surface area contributed by atoms with E-state index >= 15 is 0 Å². The van der Waals surface area contributed by atoms with E-state index in [-0.39, 0.29) is 12.2 Å². The first-order valence-electron chi connectivity index (χ1n) is 10.3. The SMILES string of the molecule is O=c1[nH]c2ccccc2cc1COc1ccccc1Nc1nccc(-c2ccc(Cl)cc2)n1. The van der Waals surface area contributed by atoms with Crippen molar-refractivity contribution >= 4 is 34.1 Å². The molecule has 3 aromatic carbocycles. The van der Waals surface area contributed by atoms with Crippen LogP contribution in [-0.2, 0) is 6.61 Å². The van der Waals surface area contributed by atoms with E-state index < -0.39 is 0 Å². The van der Waals surface area contributed by atoms with E-state index in [4.69, 9.17) is 16.3 Å². The van der Waals surface area contributed by atoms with Crippen LogP contribution in [0.15, 0.2) is 95.9 Å². The van der Waals surface area contributed by atoms with Crippen LogP contribution in [0.1, 0.15) is 5.56 Å². The number of pyridine rings is 1. The first-order valence-corrected chi connectivity index (χ1v) is 10.7. The lowest BCUT2D eigenvalue weighted by Crippen LogP contribution is -2.14. The molecular formula is C26H19ClN4O2. The van der Waals surface area contributed by atoms with Gasteiger partial charge in [0.05, 0.1) is 16.9 Å². The first-order chi connectivity index (χ1) is 16.2. The van der Waals surface area contributed by atoms with Crippen LogP contribution in [0.4, 0.5) is 11.6 Å². The zero-order chi connectivity index (χ0) is 22.6. The van der Waals surface area contributed by atoms with Gasteiger partial charge >= 0.3 is 0 Å². The minimum atomic E-state index is -0.168. The minimum absolute atomic E-state index is 0.129. The van der Waals surface area contributed by atoms with Crippen molar-refractivity contribution in [3.63, 3.8) is 0 Å². The van der Waals surface area contributed by atoms with Gasteiger partial charge in [0.25, 0.3) is 5.56 Å². The highest BCUT2D eigenvalue weighted by atomic mass is 35.5. The summed E-state index contributed by atoms with van der Waals surface area (Å²) in [5.41, 5.74) is 3.58. The summed E-state index contributed by atoms with van der Waals surface area (Å²) < 4.78 is 6.00. The Morgan fingerprint density at radius 3 is 2.61 bits per heavy atom. The van der Waals surface area contributed by atoms with Crippen LogP contribution in [0.25, 0.3) is 22.2 Å². The number of rotatable bonds is 6. The topological polar surface area (TPSA) is 79.9 Å². The Hall–Kier alpha value is -4.16. The lowest BCUT2D eigenvalue weighted by molar-refractivity contribution is 0.306. The summed E-state index contributed by atoms with van der Waals surface area (Å²) in [4.78, 5) is 24.3. The molecule has 0 atom stereocenters. The highest BCUT2D eigenvalue weighted by Crippen LogP contribution is 2.28. The third kappa shape index (κ3) is 4.71. The van der Waals surface area contributed by atoms with Crippen LogP contribution in [0.2, 0.25) is 5.02 Å². The van der Waals surface area contributed by atoms with Crippen molar-refractivity contribution in [1.82, 2.24) is 15.0 Å². The summed E-state index contributed by atoms with van der Waals surface area (Å²) in [5.74, 6) is 1.02. The molecule has 5 rings (SSSR count). The molecule has 0 radical (unpaired) electrons. The van der Waals surface area contributed by atoms with Crippen LogP contribution >= 0.6 is 11.6 Å². The minimum Gasteiger partial charge on any atom is -0.487 e. The largest absolute Gasteiger partial charge is 0.487 e. The molecule has 0 aliphatic carbocycles. The first kappa shape index (κ1) is 20.7. The van der Waals surface area contributed by atoms with Crippen LogP contribution < -0.4 is 15.6 Å². The molecule has 7 heteroatoms. The second-order valence-corrected chi connectivity index (χ2v) is 7.83. The van der Waals surface area contributed by atoms with Crippen molar-refractivity contribution in [1.29, 1.82) is 0 Å². The van der Waals surface area contributed by atoms with E-state index in [1.165, 1.54) is 0 Å². The predicted molar refractivity (Wildman–Crippen MR) is 131 cm³/mol. The van der Waals surface area contributed by atoms with Gasteiger partial charge in [-0.25, -0.2) is 9.97 Å². The lowest BCUT2D eigenvalue weighted by Gasteiger charge is -2.13. The molecule has 0 amide bonds. The third-order valence-electron chi connectivity index (χ3n) is 5.14. The molecule has 0 fully saturated rings. The van der Waals surface area contributed by atoms with Crippen LogP contribution in [0.5, 0.6) is 5.75 Å². The maximum atomic E-state index is 12.4. The van der Waals surface area contributed by atoms with Gasteiger partial charge in [0.15, 0.2) is 0 Å². The van der Waals surface area contributed by atoms with E-state index in [1.54, 1.807) is 6.20 Å². The second-order valence-electron chi connectivity index (χ2n) is 7.39. The number of hydrogen-bond donors (Lipinski definition) is 2. The summed E-state index contributed by atoms with van der Waals surface area (Å²) in [7, 11) is 0. The summed E-state index contributed by atoms with van der Waals surface area (Å²) in [6.07, 6.45) is 1.69. The monoisotopic (exact) mass is 454 g/mol. The molecule has 2 aromatic heterocycles. The number of benzene rings is 3. The third-order valence-corrected chi connectivity index (χ3v) is 5.39. The standard InChI is InChI=1S/C26H19ClN4O2/c27-20-11-9-17(10-12-20)22-13-14-28-26(30-22)31-23-7-3-4-8-24(23)33-16-19-15-18-5-1-2-6-21(18)29-25(19)32/h1-15H,16H2,(H,29,32)(H,28,30,31). The number of para-hydroxylation sites is 3. The Morgan fingerprint density at radius 1 is 0.939 bits per heavy atom. The maximum absolute atomic E-state index is 12.4. The fourth-order valence-electron chi connectivity index (χ4n) is 3.47. The van der Waals surface area contributed by atoms with Gasteiger partial charge in [0.2, 0.25) is 5.95 Å². The maximum Gasteiger partial charge on any atom is 0.255 e. The number of anilines is 2. The molecule has 6 nitrogen and oxygen atoms in total. The van der Waals surface area contributed by atoms with Crippen molar-refractivity contribution in [3.8, 4) is 17.0 Å². The molecule has 0 spiro atoms. The number of nitrogens with zero attached hydrogens (tertiary/aromatic N) is 2. The molecule has 2 N–H and O–H groups in total. The summed E-state index contributed by atoms with van der Waals surface area (Å²) >= 11 is 5.99. The van der Waals surface area contributed by atoms with Gasteiger partial charge in [-0.1, -0.05) is 54.1 Å². The zero-order valence-corrected chi connectivity index (χ0v) is 18.2. The van der Waals surface area contributed by atoms with E-state index in [2.05, 4.69) is 20.3 Å².